The van der Waals surface area contributed by atoms with Gasteiger partial charge in [0.05, 0.1) is 25.3 Å². The number of carbonyl (C=O) groups excluding carboxylic acids is 1. The van der Waals surface area contributed by atoms with Gasteiger partial charge >= 0.3 is 0 Å². The van der Waals surface area contributed by atoms with E-state index in [1.807, 2.05) is 30.3 Å². The van der Waals surface area contributed by atoms with Crippen LogP contribution >= 0.6 is 0 Å². The van der Waals surface area contributed by atoms with Crippen LogP contribution in [-0.4, -0.2) is 63.7 Å². The van der Waals surface area contributed by atoms with Crippen molar-refractivity contribution in [2.45, 2.75) is 44.2 Å². The molecule has 1 amide bonds. The lowest BCUT2D eigenvalue weighted by Gasteiger charge is -2.50. The van der Waals surface area contributed by atoms with E-state index in [0.29, 0.717) is 13.0 Å². The number of likely N-dealkylation sites (tertiary alicyclic amines) is 1. The van der Waals surface area contributed by atoms with Gasteiger partial charge in [-0.15, -0.1) is 0 Å². The summed E-state index contributed by atoms with van der Waals surface area (Å²) in [7, 11) is 3.73. The molecule has 0 bridgehead atoms. The number of hydrogen-bond donors (Lipinski definition) is 1. The normalized spacial score (nSPS) is 20.0. The predicted octanol–water partition coefficient (Wildman–Crippen LogP) is 3.40. The van der Waals surface area contributed by atoms with Crippen LogP contribution in [0.25, 0.3) is 10.9 Å². The van der Waals surface area contributed by atoms with Gasteiger partial charge in [0.1, 0.15) is 5.75 Å². The summed E-state index contributed by atoms with van der Waals surface area (Å²) in [5.41, 5.74) is 4.62. The van der Waals surface area contributed by atoms with Crippen LogP contribution < -0.4 is 4.74 Å². The van der Waals surface area contributed by atoms with Crippen LogP contribution in [0.1, 0.15) is 49.0 Å². The number of aliphatic hydroxyl groups excluding tert-OH is 1. The number of amides is 1. The van der Waals surface area contributed by atoms with Gasteiger partial charge in [-0.3, -0.25) is 14.7 Å². The van der Waals surface area contributed by atoms with Crippen molar-refractivity contribution in [1.29, 1.82) is 0 Å². The zero-order valence-electron chi connectivity index (χ0n) is 20.3. The van der Waals surface area contributed by atoms with Crippen LogP contribution in [-0.2, 0) is 23.8 Å². The molecule has 1 saturated heterocycles. The Morgan fingerprint density at radius 3 is 2.59 bits per heavy atom. The predicted molar refractivity (Wildman–Crippen MR) is 132 cm³/mol. The van der Waals surface area contributed by atoms with Crippen molar-refractivity contribution in [2.75, 3.05) is 33.4 Å². The first-order chi connectivity index (χ1) is 16.5. The number of carbonyl (C=O) groups is 1. The first-order valence-electron chi connectivity index (χ1n) is 12.2. The summed E-state index contributed by atoms with van der Waals surface area (Å²) in [6.07, 6.45) is 6.08. The number of hydrogen-bond acceptors (Lipinski definition) is 5. The average Bonchev–Trinajstić information content (AvgIpc) is 3.18. The third kappa shape index (κ3) is 3.67. The summed E-state index contributed by atoms with van der Waals surface area (Å²) in [5.74, 6) is 0.917. The van der Waals surface area contributed by atoms with E-state index in [4.69, 9.17) is 4.74 Å². The van der Waals surface area contributed by atoms with Crippen molar-refractivity contribution in [3.63, 3.8) is 0 Å². The van der Waals surface area contributed by atoms with Gasteiger partial charge in [-0.05, 0) is 61.3 Å². The molecule has 0 saturated carbocycles. The number of aryl methyl sites for hydroxylation is 1. The van der Waals surface area contributed by atoms with E-state index in [9.17, 15) is 9.90 Å². The number of ether oxygens (including phenoxy) is 1. The van der Waals surface area contributed by atoms with Gasteiger partial charge < -0.3 is 19.3 Å². The number of aromatic nitrogens is 2. The summed E-state index contributed by atoms with van der Waals surface area (Å²) in [6, 6.07) is 10.1. The topological polar surface area (TPSA) is 70.8 Å². The van der Waals surface area contributed by atoms with Gasteiger partial charge in [0.15, 0.2) is 0 Å². The molecule has 1 atom stereocenters. The molecule has 2 aliphatic rings. The molecule has 180 valence electrons. The molecule has 3 aromatic rings. The molecule has 5 rings (SSSR count). The smallest absolute Gasteiger partial charge is 0.222 e. The number of nitrogens with zero attached hydrogens (tertiary/aromatic N) is 4. The van der Waals surface area contributed by atoms with E-state index in [1.165, 1.54) is 16.5 Å². The van der Waals surface area contributed by atoms with Crippen LogP contribution in [0.5, 0.6) is 5.75 Å². The first kappa shape index (κ1) is 22.9. The van der Waals surface area contributed by atoms with Crippen molar-refractivity contribution < 1.29 is 14.6 Å². The third-order valence-electron chi connectivity index (χ3n) is 7.91. The molecular weight excluding hydrogens is 428 g/mol. The summed E-state index contributed by atoms with van der Waals surface area (Å²) in [5, 5.41) is 11.7. The Morgan fingerprint density at radius 1 is 1.21 bits per heavy atom. The Morgan fingerprint density at radius 2 is 1.94 bits per heavy atom. The maximum Gasteiger partial charge on any atom is 0.222 e. The number of fused-ring (bicyclic) bond motifs is 4. The quantitative estimate of drug-likeness (QED) is 0.629. The van der Waals surface area contributed by atoms with Gasteiger partial charge in [0.25, 0.3) is 0 Å². The minimum Gasteiger partial charge on any atom is -0.497 e. The highest BCUT2D eigenvalue weighted by Crippen LogP contribution is 2.50. The molecule has 34 heavy (non-hydrogen) atoms. The van der Waals surface area contributed by atoms with E-state index in [1.54, 1.807) is 7.11 Å². The molecule has 1 aromatic carbocycles. The minimum absolute atomic E-state index is 0.0791. The second-order valence-corrected chi connectivity index (χ2v) is 9.69. The second-order valence-electron chi connectivity index (χ2n) is 9.69. The number of piperidine rings is 1. The van der Waals surface area contributed by atoms with Crippen LogP contribution in [0, 0.1) is 0 Å². The third-order valence-corrected chi connectivity index (χ3v) is 7.91. The molecule has 1 fully saturated rings. The Bertz CT molecular complexity index is 1180. The standard InChI is InChI=1S/C27H34N4O3/c1-4-24(33)31-18-27(9-13-30(14-10-27)16-19-7-11-28-12-8-19)25-21-6-5-20(34-3)15-22(21)29(2)26(25)23(31)17-32/h5-8,11-12,15,23,32H,4,9-10,13-14,16-18H2,1-3H3/t23-/m1/s1. The van der Waals surface area contributed by atoms with Crippen molar-refractivity contribution in [3.05, 3.63) is 59.5 Å². The van der Waals surface area contributed by atoms with Gasteiger partial charge in [-0.25, -0.2) is 0 Å². The minimum atomic E-state index is -0.327. The van der Waals surface area contributed by atoms with Crippen molar-refractivity contribution in [3.8, 4) is 5.75 Å². The lowest BCUT2D eigenvalue weighted by molar-refractivity contribution is -0.137. The molecule has 0 aliphatic carbocycles. The second kappa shape index (κ2) is 9.04. The van der Waals surface area contributed by atoms with Crippen LogP contribution in [0.4, 0.5) is 0 Å². The number of benzene rings is 1. The fourth-order valence-electron chi connectivity index (χ4n) is 6.12. The lowest BCUT2D eigenvalue weighted by atomic mass is 9.68. The zero-order chi connectivity index (χ0) is 23.9. The highest BCUT2D eigenvalue weighted by molar-refractivity contribution is 5.89. The number of aliphatic hydroxyl groups is 1. The van der Waals surface area contributed by atoms with Gasteiger partial charge in [-0.1, -0.05) is 6.92 Å². The molecule has 7 heteroatoms. The lowest BCUT2D eigenvalue weighted by Crippen LogP contribution is -2.55. The number of pyridine rings is 1. The van der Waals surface area contributed by atoms with E-state index >= 15 is 0 Å². The Kier molecular flexibility index (Phi) is 6.08. The average molecular weight is 463 g/mol. The fraction of sp³-hybridized carbons (Fsp3) is 0.481. The molecule has 0 unspecified atom stereocenters. The molecule has 2 aromatic heterocycles. The van der Waals surface area contributed by atoms with Crippen molar-refractivity contribution >= 4 is 16.8 Å². The SMILES string of the molecule is CCC(=O)N1CC2(CCN(Cc3ccncc3)CC2)c2c(n(C)c3cc(OC)ccc23)[C@H]1CO. The molecule has 2 aliphatic heterocycles. The number of methoxy groups -OCH3 is 1. The maximum absolute atomic E-state index is 13.1. The van der Waals surface area contributed by atoms with Gasteiger partial charge in [-0.2, -0.15) is 0 Å². The zero-order valence-corrected chi connectivity index (χ0v) is 20.3. The molecule has 7 nitrogen and oxygen atoms in total. The monoisotopic (exact) mass is 462 g/mol. The molecular formula is C27H34N4O3. The van der Waals surface area contributed by atoms with E-state index < -0.39 is 0 Å². The molecule has 1 N–H and O–H groups in total. The van der Waals surface area contributed by atoms with Gasteiger partial charge in [0.2, 0.25) is 5.91 Å². The largest absolute Gasteiger partial charge is 0.497 e. The maximum atomic E-state index is 13.1. The highest BCUT2D eigenvalue weighted by atomic mass is 16.5. The van der Waals surface area contributed by atoms with Crippen LogP contribution in [0.2, 0.25) is 0 Å². The van der Waals surface area contributed by atoms with Crippen LogP contribution in [0.3, 0.4) is 0 Å². The Balaban J connectivity index is 1.58. The van der Waals surface area contributed by atoms with E-state index in [2.05, 4.69) is 45.8 Å². The Hall–Kier alpha value is -2.90. The summed E-state index contributed by atoms with van der Waals surface area (Å²) in [6.45, 7) is 5.33. The Labute approximate surface area is 200 Å². The highest BCUT2D eigenvalue weighted by Gasteiger charge is 2.49. The summed E-state index contributed by atoms with van der Waals surface area (Å²) in [4.78, 5) is 21.6. The summed E-state index contributed by atoms with van der Waals surface area (Å²) >= 11 is 0. The molecule has 0 radical (unpaired) electrons. The van der Waals surface area contributed by atoms with Crippen molar-refractivity contribution in [1.82, 2.24) is 19.4 Å². The van der Waals surface area contributed by atoms with E-state index in [0.717, 1.165) is 49.4 Å². The van der Waals surface area contributed by atoms with Crippen molar-refractivity contribution in [2.24, 2.45) is 7.05 Å². The van der Waals surface area contributed by atoms with Gasteiger partial charge in [0, 0.05) is 61.5 Å². The van der Waals surface area contributed by atoms with E-state index in [-0.39, 0.29) is 24.0 Å². The summed E-state index contributed by atoms with van der Waals surface area (Å²) < 4.78 is 7.68. The first-order valence-corrected chi connectivity index (χ1v) is 12.2. The number of rotatable bonds is 5. The molecule has 1 spiro atoms. The van der Waals surface area contributed by atoms with Crippen LogP contribution in [0.15, 0.2) is 42.7 Å². The molecule has 4 heterocycles. The fourth-order valence-corrected chi connectivity index (χ4v) is 6.12.